The molecule has 138 valence electrons. The van der Waals surface area contributed by atoms with Crippen LogP contribution in [-0.2, 0) is 13.1 Å². The minimum atomic E-state index is 0.349. The minimum absolute atomic E-state index is 0.349. The minimum Gasteiger partial charge on any atom is -0.365 e. The van der Waals surface area contributed by atoms with Gasteiger partial charge in [0.15, 0.2) is 0 Å². The summed E-state index contributed by atoms with van der Waals surface area (Å²) in [5, 5.41) is 35.8. The number of hydrogen-bond donors (Lipinski definition) is 3. The molecule has 0 saturated carbocycles. The molecule has 0 atom stereocenters. The zero-order chi connectivity index (χ0) is 19.8. The second kappa shape index (κ2) is 8.92. The van der Waals surface area contributed by atoms with Gasteiger partial charge in [0, 0.05) is 25.2 Å². The zero-order valence-corrected chi connectivity index (χ0v) is 14.9. The van der Waals surface area contributed by atoms with Crippen LogP contribution >= 0.6 is 0 Å². The van der Waals surface area contributed by atoms with Crippen LogP contribution in [0.3, 0.4) is 0 Å². The molecule has 0 radical (unpaired) electrons. The molecular formula is C19H17N9. The van der Waals surface area contributed by atoms with Gasteiger partial charge in [0.2, 0.25) is 5.95 Å². The monoisotopic (exact) mass is 371 g/mol. The molecule has 0 amide bonds. The number of nitriles is 2. The maximum absolute atomic E-state index is 9.21. The van der Waals surface area contributed by atoms with Gasteiger partial charge in [-0.3, -0.25) is 4.68 Å². The van der Waals surface area contributed by atoms with Gasteiger partial charge in [0.05, 0.1) is 48.1 Å². The number of nitrogens with zero attached hydrogens (tertiary/aromatic N) is 6. The van der Waals surface area contributed by atoms with Crippen molar-refractivity contribution in [1.29, 1.82) is 15.9 Å². The Labute approximate surface area is 161 Å². The molecule has 0 fully saturated rings. The maximum Gasteiger partial charge on any atom is 0.229 e. The van der Waals surface area contributed by atoms with Crippen molar-refractivity contribution in [3.05, 3.63) is 59.5 Å². The molecule has 1 aromatic carbocycles. The molecule has 3 rings (SSSR count). The molecule has 2 aromatic heterocycles. The van der Waals surface area contributed by atoms with Crippen LogP contribution in [0.5, 0.6) is 0 Å². The van der Waals surface area contributed by atoms with Crippen molar-refractivity contribution in [2.45, 2.75) is 19.5 Å². The molecule has 0 bridgehead atoms. The molecule has 0 aliphatic heterocycles. The van der Waals surface area contributed by atoms with E-state index in [1.165, 1.54) is 6.21 Å². The standard InChI is InChI=1S/C19H17N9/c20-6-3-7-28-13-17(12-25-28)26-19-24-11-16(9-22)18(27-19)23-10-15-5-2-1-4-14(15)8-21/h1-2,4-5,9,11-13,22H,3,7,10H2,(H2,23,24,26,27). The highest BCUT2D eigenvalue weighted by Gasteiger charge is 2.08. The van der Waals surface area contributed by atoms with Crippen LogP contribution in [0, 0.1) is 28.1 Å². The Hall–Kier alpha value is -4.24. The van der Waals surface area contributed by atoms with Gasteiger partial charge in [-0.05, 0) is 11.6 Å². The normalized spacial score (nSPS) is 9.93. The van der Waals surface area contributed by atoms with Crippen LogP contribution in [0.25, 0.3) is 0 Å². The third-order valence-electron chi connectivity index (χ3n) is 3.90. The summed E-state index contributed by atoms with van der Waals surface area (Å²) in [6, 6.07) is 11.5. The van der Waals surface area contributed by atoms with Crippen LogP contribution in [0.2, 0.25) is 0 Å². The third kappa shape index (κ3) is 4.48. The van der Waals surface area contributed by atoms with Gasteiger partial charge >= 0.3 is 0 Å². The molecular weight excluding hydrogens is 354 g/mol. The summed E-state index contributed by atoms with van der Waals surface area (Å²) < 4.78 is 1.66. The smallest absolute Gasteiger partial charge is 0.229 e. The van der Waals surface area contributed by atoms with Crippen molar-refractivity contribution in [3.63, 3.8) is 0 Å². The van der Waals surface area contributed by atoms with Crippen molar-refractivity contribution < 1.29 is 0 Å². The number of nitrogens with one attached hydrogen (secondary N) is 3. The average molecular weight is 371 g/mol. The molecule has 0 unspecified atom stereocenters. The van der Waals surface area contributed by atoms with E-state index in [9.17, 15) is 5.26 Å². The Kier molecular flexibility index (Phi) is 5.91. The van der Waals surface area contributed by atoms with E-state index in [0.29, 0.717) is 48.1 Å². The third-order valence-corrected chi connectivity index (χ3v) is 3.90. The SMILES string of the molecule is N#CCCn1cc(Nc2ncc(C=N)c(NCc3ccccc3C#N)n2)cn1. The lowest BCUT2D eigenvalue weighted by Gasteiger charge is -2.11. The van der Waals surface area contributed by atoms with E-state index >= 15 is 0 Å². The Bertz CT molecular complexity index is 1060. The van der Waals surface area contributed by atoms with Crippen LogP contribution in [0.1, 0.15) is 23.1 Å². The quantitative estimate of drug-likeness (QED) is 0.517. The number of aryl methyl sites for hydroxylation is 1. The second-order valence-electron chi connectivity index (χ2n) is 5.79. The Morgan fingerprint density at radius 1 is 1.21 bits per heavy atom. The molecule has 0 spiro atoms. The predicted molar refractivity (Wildman–Crippen MR) is 104 cm³/mol. The Morgan fingerprint density at radius 3 is 2.86 bits per heavy atom. The topological polar surface area (TPSA) is 139 Å². The number of aromatic nitrogens is 4. The molecule has 3 aromatic rings. The Morgan fingerprint density at radius 2 is 2.07 bits per heavy atom. The van der Waals surface area contributed by atoms with Gasteiger partial charge < -0.3 is 16.0 Å². The lowest BCUT2D eigenvalue weighted by atomic mass is 10.1. The van der Waals surface area contributed by atoms with Crippen molar-refractivity contribution in [2.75, 3.05) is 10.6 Å². The lowest BCUT2D eigenvalue weighted by molar-refractivity contribution is 0.628. The summed E-state index contributed by atoms with van der Waals surface area (Å²) >= 11 is 0. The summed E-state index contributed by atoms with van der Waals surface area (Å²) in [6.07, 6.45) is 6.48. The average Bonchev–Trinajstić information content (AvgIpc) is 3.18. The molecule has 28 heavy (non-hydrogen) atoms. The van der Waals surface area contributed by atoms with E-state index in [2.05, 4.69) is 37.8 Å². The first-order chi connectivity index (χ1) is 13.7. The number of rotatable bonds is 8. The molecule has 0 aliphatic rings. The first kappa shape index (κ1) is 18.5. The van der Waals surface area contributed by atoms with Crippen LogP contribution < -0.4 is 10.6 Å². The fourth-order valence-corrected chi connectivity index (χ4v) is 2.51. The fraction of sp³-hybridized carbons (Fsp3) is 0.158. The highest BCUT2D eigenvalue weighted by atomic mass is 15.3. The fourth-order valence-electron chi connectivity index (χ4n) is 2.51. The lowest BCUT2D eigenvalue weighted by Crippen LogP contribution is -2.08. The summed E-state index contributed by atoms with van der Waals surface area (Å²) in [4.78, 5) is 8.63. The van der Waals surface area contributed by atoms with Crippen LogP contribution in [0.15, 0.2) is 42.9 Å². The second-order valence-corrected chi connectivity index (χ2v) is 5.79. The van der Waals surface area contributed by atoms with Gasteiger partial charge in [0.25, 0.3) is 0 Å². The van der Waals surface area contributed by atoms with E-state index in [4.69, 9.17) is 10.7 Å². The molecule has 0 saturated heterocycles. The van der Waals surface area contributed by atoms with Crippen molar-refractivity contribution in [2.24, 2.45) is 0 Å². The summed E-state index contributed by atoms with van der Waals surface area (Å²) in [6.45, 7) is 0.907. The first-order valence-corrected chi connectivity index (χ1v) is 8.49. The van der Waals surface area contributed by atoms with E-state index in [0.717, 1.165) is 5.56 Å². The van der Waals surface area contributed by atoms with Gasteiger partial charge in [-0.2, -0.15) is 20.6 Å². The van der Waals surface area contributed by atoms with Crippen molar-refractivity contribution >= 4 is 23.7 Å². The van der Waals surface area contributed by atoms with E-state index in [1.54, 1.807) is 29.3 Å². The number of anilines is 3. The van der Waals surface area contributed by atoms with E-state index < -0.39 is 0 Å². The van der Waals surface area contributed by atoms with Gasteiger partial charge in [-0.25, -0.2) is 4.98 Å². The number of benzene rings is 1. The van der Waals surface area contributed by atoms with Crippen LogP contribution in [0.4, 0.5) is 17.5 Å². The van der Waals surface area contributed by atoms with E-state index in [1.807, 2.05) is 18.2 Å². The molecule has 9 nitrogen and oxygen atoms in total. The summed E-state index contributed by atoms with van der Waals surface area (Å²) in [5.74, 6) is 0.832. The van der Waals surface area contributed by atoms with Gasteiger partial charge in [-0.15, -0.1) is 0 Å². The summed E-state index contributed by atoms with van der Waals surface area (Å²) in [5.41, 5.74) is 2.66. The van der Waals surface area contributed by atoms with Crippen LogP contribution in [-0.4, -0.2) is 26.0 Å². The highest BCUT2D eigenvalue weighted by Crippen LogP contribution is 2.18. The van der Waals surface area contributed by atoms with Gasteiger partial charge in [-0.1, -0.05) is 18.2 Å². The van der Waals surface area contributed by atoms with Crippen molar-refractivity contribution in [3.8, 4) is 12.1 Å². The largest absolute Gasteiger partial charge is 0.365 e. The molecule has 9 heteroatoms. The molecule has 2 heterocycles. The highest BCUT2D eigenvalue weighted by molar-refractivity contribution is 5.84. The van der Waals surface area contributed by atoms with Gasteiger partial charge in [0.1, 0.15) is 5.82 Å². The molecule has 3 N–H and O–H groups in total. The zero-order valence-electron chi connectivity index (χ0n) is 14.9. The van der Waals surface area contributed by atoms with Crippen molar-refractivity contribution in [1.82, 2.24) is 19.7 Å². The first-order valence-electron chi connectivity index (χ1n) is 8.49. The summed E-state index contributed by atoms with van der Waals surface area (Å²) in [7, 11) is 0. The van der Waals surface area contributed by atoms with E-state index in [-0.39, 0.29) is 0 Å². The Balaban J connectivity index is 1.75. The molecule has 0 aliphatic carbocycles. The maximum atomic E-state index is 9.21. The number of hydrogen-bond acceptors (Lipinski definition) is 8. The predicted octanol–water partition coefficient (Wildman–Crippen LogP) is 2.81.